The van der Waals surface area contributed by atoms with E-state index in [0.717, 1.165) is 56.3 Å². The van der Waals surface area contributed by atoms with Crippen LogP contribution < -0.4 is 0 Å². The molecule has 2 nitrogen and oxygen atoms in total. The Morgan fingerprint density at radius 2 is 0.805 bits per heavy atom. The maximum absolute atomic E-state index is 5.39. The molecule has 0 aromatic heterocycles. The molecule has 0 heterocycles. The number of nitrogens with zero attached hydrogens (tertiary/aromatic N) is 2. The first-order chi connectivity index (χ1) is 20.1. The van der Waals surface area contributed by atoms with Crippen molar-refractivity contribution >= 4 is 22.8 Å². The van der Waals surface area contributed by atoms with Crippen LogP contribution >= 0.6 is 0 Å². The monoisotopic (exact) mass is 558 g/mol. The van der Waals surface area contributed by atoms with Crippen LogP contribution in [0, 0.1) is 0 Å². The maximum Gasteiger partial charge on any atom is 0.0636 e. The number of aliphatic imine (C=N–C) groups is 2. The molecule has 0 atom stereocenters. The second kappa shape index (κ2) is 21.5. The minimum Gasteiger partial charge on any atom is -0.252 e. The van der Waals surface area contributed by atoms with Crippen molar-refractivity contribution < 1.29 is 0 Å². The van der Waals surface area contributed by atoms with Crippen molar-refractivity contribution in [3.8, 4) is 0 Å². The Kier molecular flexibility index (Phi) is 18.3. The minimum atomic E-state index is 1.00. The van der Waals surface area contributed by atoms with Gasteiger partial charge in [0.2, 0.25) is 0 Å². The smallest absolute Gasteiger partial charge is 0.0636 e. The van der Waals surface area contributed by atoms with Gasteiger partial charge in [-0.25, -0.2) is 0 Å². The molecular weight excluding hydrogens is 496 g/mol. The van der Waals surface area contributed by atoms with E-state index in [1.165, 1.54) is 111 Å². The van der Waals surface area contributed by atoms with Crippen molar-refractivity contribution in [2.24, 2.45) is 9.98 Å². The van der Waals surface area contributed by atoms with E-state index in [4.69, 9.17) is 9.98 Å². The van der Waals surface area contributed by atoms with Gasteiger partial charge in [-0.15, -0.1) is 0 Å². The summed E-state index contributed by atoms with van der Waals surface area (Å²) in [5, 5.41) is 0. The number of hydrogen-bond acceptors (Lipinski definition) is 2. The predicted octanol–water partition coefficient (Wildman–Crippen LogP) is 12.7. The zero-order chi connectivity index (χ0) is 29.7. The van der Waals surface area contributed by atoms with Crippen LogP contribution in [0.4, 0.5) is 11.4 Å². The summed E-state index contributed by atoms with van der Waals surface area (Å²) in [4.78, 5) is 10.8. The summed E-state index contributed by atoms with van der Waals surface area (Å²) in [7, 11) is 0. The fourth-order valence-electron chi connectivity index (χ4n) is 5.83. The van der Waals surface area contributed by atoms with Gasteiger partial charge in [0.25, 0.3) is 0 Å². The summed E-state index contributed by atoms with van der Waals surface area (Å²) in [5.74, 6) is 0. The molecule has 0 saturated heterocycles. The second-order valence-corrected chi connectivity index (χ2v) is 12.0. The molecule has 0 aliphatic rings. The molecule has 2 aromatic rings. The molecule has 0 saturated carbocycles. The molecule has 0 N–H and O–H groups in total. The van der Waals surface area contributed by atoms with Crippen LogP contribution in [0.2, 0.25) is 0 Å². The fourth-order valence-corrected chi connectivity index (χ4v) is 5.83. The quantitative estimate of drug-likeness (QED) is 0.101. The van der Waals surface area contributed by atoms with Gasteiger partial charge in [0, 0.05) is 0 Å². The van der Waals surface area contributed by atoms with Gasteiger partial charge >= 0.3 is 0 Å². The largest absolute Gasteiger partial charge is 0.252 e. The van der Waals surface area contributed by atoms with Crippen molar-refractivity contribution in [3.05, 3.63) is 58.7 Å². The van der Waals surface area contributed by atoms with Gasteiger partial charge in [-0.05, 0) is 97.9 Å². The summed E-state index contributed by atoms with van der Waals surface area (Å²) in [5.41, 5.74) is 10.6. The van der Waals surface area contributed by atoms with Crippen molar-refractivity contribution in [3.63, 3.8) is 0 Å². The number of aryl methyl sites for hydroxylation is 4. The molecule has 2 aromatic carbocycles. The normalized spacial score (nSPS) is 12.3. The first-order valence-corrected chi connectivity index (χ1v) is 17.5. The van der Waals surface area contributed by atoms with Crippen LogP contribution in [0.5, 0.6) is 0 Å². The molecule has 41 heavy (non-hydrogen) atoms. The van der Waals surface area contributed by atoms with Gasteiger partial charge in [-0.1, -0.05) is 124 Å². The summed E-state index contributed by atoms with van der Waals surface area (Å²) in [6.45, 7) is 13.7. The van der Waals surface area contributed by atoms with Gasteiger partial charge < -0.3 is 0 Å². The number of rotatable bonds is 22. The zero-order valence-corrected chi connectivity index (χ0v) is 27.8. The topological polar surface area (TPSA) is 24.7 Å². The molecule has 0 radical (unpaired) electrons. The van der Waals surface area contributed by atoms with Crippen LogP contribution in [-0.4, -0.2) is 11.4 Å². The molecule has 0 fully saturated rings. The first kappa shape index (κ1) is 35.0. The summed E-state index contributed by atoms with van der Waals surface area (Å²) >= 11 is 0. The van der Waals surface area contributed by atoms with Gasteiger partial charge in [0.15, 0.2) is 0 Å². The molecule has 2 rings (SSSR count). The van der Waals surface area contributed by atoms with E-state index in [0.29, 0.717) is 0 Å². The van der Waals surface area contributed by atoms with Crippen LogP contribution in [0.1, 0.15) is 160 Å². The van der Waals surface area contributed by atoms with Crippen molar-refractivity contribution in [1.29, 1.82) is 0 Å². The molecule has 2 heteroatoms. The number of hydrogen-bond donors (Lipinski definition) is 0. The number of unbranched alkanes of at least 4 members (excludes halogenated alkanes) is 7. The van der Waals surface area contributed by atoms with Crippen LogP contribution in [-0.2, 0) is 25.7 Å². The molecule has 0 bridgehead atoms. The molecule has 0 amide bonds. The molecular formula is C39H62N2. The molecule has 0 aliphatic heterocycles. The maximum atomic E-state index is 5.39. The Balaban J connectivity index is 2.47. The Hall–Kier alpha value is -2.22. The first-order valence-electron chi connectivity index (χ1n) is 17.5. The van der Waals surface area contributed by atoms with E-state index in [1.807, 2.05) is 0 Å². The Bertz CT molecular complexity index is 1050. The molecule has 0 spiro atoms. The Labute approximate surface area is 254 Å². The van der Waals surface area contributed by atoms with Gasteiger partial charge in [-0.3, -0.25) is 9.98 Å². The van der Waals surface area contributed by atoms with Crippen molar-refractivity contribution in [2.75, 3.05) is 0 Å². The molecule has 228 valence electrons. The lowest BCUT2D eigenvalue weighted by atomic mass is 9.98. The highest BCUT2D eigenvalue weighted by Gasteiger charge is 2.13. The third-order valence-electron chi connectivity index (χ3n) is 8.10. The SMILES string of the molecule is CCCCCCCCCC(=Nc1ccc(CCC)c(CCC)c1)C(CCCC)=Nc1ccc(CCC)c(CCC)c1. The van der Waals surface area contributed by atoms with Crippen LogP contribution in [0.3, 0.4) is 0 Å². The van der Waals surface area contributed by atoms with E-state index in [9.17, 15) is 0 Å². The van der Waals surface area contributed by atoms with Crippen LogP contribution in [0.15, 0.2) is 46.4 Å². The van der Waals surface area contributed by atoms with Gasteiger partial charge in [-0.2, -0.15) is 0 Å². The summed E-state index contributed by atoms with van der Waals surface area (Å²) in [6.07, 6.45) is 22.9. The van der Waals surface area contributed by atoms with Gasteiger partial charge in [0.05, 0.1) is 22.8 Å². The van der Waals surface area contributed by atoms with Gasteiger partial charge in [0.1, 0.15) is 0 Å². The molecule has 0 aliphatic carbocycles. The lowest BCUT2D eigenvalue weighted by molar-refractivity contribution is 0.595. The third kappa shape index (κ3) is 13.1. The third-order valence-corrected chi connectivity index (χ3v) is 8.10. The second-order valence-electron chi connectivity index (χ2n) is 12.0. The van der Waals surface area contributed by atoms with Crippen molar-refractivity contribution in [1.82, 2.24) is 0 Å². The summed E-state index contributed by atoms with van der Waals surface area (Å²) in [6, 6.07) is 13.9. The van der Waals surface area contributed by atoms with E-state index < -0.39 is 0 Å². The van der Waals surface area contributed by atoms with E-state index >= 15 is 0 Å². The lowest BCUT2D eigenvalue weighted by Crippen LogP contribution is -2.14. The fraction of sp³-hybridized carbons (Fsp3) is 0.641. The number of benzene rings is 2. The van der Waals surface area contributed by atoms with Crippen LogP contribution in [0.25, 0.3) is 0 Å². The summed E-state index contributed by atoms with van der Waals surface area (Å²) < 4.78 is 0. The van der Waals surface area contributed by atoms with E-state index in [-0.39, 0.29) is 0 Å². The molecule has 0 unspecified atom stereocenters. The lowest BCUT2D eigenvalue weighted by Gasteiger charge is -2.14. The zero-order valence-electron chi connectivity index (χ0n) is 27.8. The Morgan fingerprint density at radius 1 is 0.415 bits per heavy atom. The average Bonchev–Trinajstić information content (AvgIpc) is 2.97. The minimum absolute atomic E-state index is 1.00. The average molecular weight is 559 g/mol. The highest BCUT2D eigenvalue weighted by molar-refractivity contribution is 6.43. The van der Waals surface area contributed by atoms with E-state index in [1.54, 1.807) is 0 Å². The van der Waals surface area contributed by atoms with E-state index in [2.05, 4.69) is 77.9 Å². The Morgan fingerprint density at radius 3 is 1.24 bits per heavy atom. The highest BCUT2D eigenvalue weighted by atomic mass is 14.8. The standard InChI is InChI=1S/C39H62N2/c1-7-13-15-16-17-18-19-25-39(41-37-29-27-33(21-10-4)35(31-37)23-12-6)38(24-14-8-2)40-36-28-26-32(20-9-3)34(30-36)22-11-5/h26-31H,7-25H2,1-6H3. The van der Waals surface area contributed by atoms with Crippen molar-refractivity contribution in [2.45, 2.75) is 164 Å². The predicted molar refractivity (Wildman–Crippen MR) is 185 cm³/mol. The highest BCUT2D eigenvalue weighted by Crippen LogP contribution is 2.26.